The molecule has 1 aromatic rings. The Kier molecular flexibility index (Phi) is 5.64. The second kappa shape index (κ2) is 7.70. The van der Waals surface area contributed by atoms with E-state index in [4.69, 9.17) is 5.11 Å². The van der Waals surface area contributed by atoms with Crippen LogP contribution in [-0.2, 0) is 11.3 Å². The highest BCUT2D eigenvalue weighted by atomic mass is 16.4. The van der Waals surface area contributed by atoms with Crippen LogP contribution in [0.4, 0.5) is 0 Å². The van der Waals surface area contributed by atoms with Gasteiger partial charge < -0.3 is 15.7 Å². The van der Waals surface area contributed by atoms with E-state index in [-0.39, 0.29) is 11.6 Å². The average Bonchev–Trinajstić information content (AvgIpc) is 2.77. The monoisotopic (exact) mass is 296 g/mol. The van der Waals surface area contributed by atoms with Crippen molar-refractivity contribution in [3.05, 3.63) is 11.9 Å². The lowest BCUT2D eigenvalue weighted by molar-refractivity contribution is -0.122. The van der Waals surface area contributed by atoms with Gasteiger partial charge in [-0.2, -0.15) is 0 Å². The van der Waals surface area contributed by atoms with Gasteiger partial charge >= 0.3 is 5.97 Å². The lowest BCUT2D eigenvalue weighted by Gasteiger charge is -2.18. The van der Waals surface area contributed by atoms with Gasteiger partial charge in [0.05, 0.1) is 19.3 Å². The predicted octanol–water partition coefficient (Wildman–Crippen LogP) is -1.61. The fourth-order valence-electron chi connectivity index (χ4n) is 2.13. The zero-order valence-corrected chi connectivity index (χ0v) is 11.8. The molecule has 0 spiro atoms. The molecule has 1 fully saturated rings. The van der Waals surface area contributed by atoms with Gasteiger partial charge in [0.2, 0.25) is 5.91 Å². The minimum Gasteiger partial charge on any atom is -0.476 e. The van der Waals surface area contributed by atoms with Crippen LogP contribution < -0.4 is 10.6 Å². The van der Waals surface area contributed by atoms with Gasteiger partial charge in [-0.1, -0.05) is 5.21 Å². The van der Waals surface area contributed by atoms with E-state index in [0.717, 1.165) is 32.6 Å². The number of nitrogens with one attached hydrogen (secondary N) is 2. The summed E-state index contributed by atoms with van der Waals surface area (Å²) in [4.78, 5) is 24.6. The fraction of sp³-hybridized carbons (Fsp3) is 0.667. The predicted molar refractivity (Wildman–Crippen MR) is 73.9 cm³/mol. The molecule has 3 N–H and O–H groups in total. The highest BCUT2D eigenvalue weighted by Crippen LogP contribution is 1.95. The molecule has 0 atom stereocenters. The minimum atomic E-state index is -1.11. The van der Waals surface area contributed by atoms with Crippen LogP contribution in [0.2, 0.25) is 0 Å². The molecule has 116 valence electrons. The van der Waals surface area contributed by atoms with Crippen molar-refractivity contribution in [3.63, 3.8) is 0 Å². The Morgan fingerprint density at radius 2 is 2.24 bits per heavy atom. The highest BCUT2D eigenvalue weighted by Gasteiger charge is 2.12. The zero-order chi connectivity index (χ0) is 15.1. The second-order valence-corrected chi connectivity index (χ2v) is 4.90. The van der Waals surface area contributed by atoms with Crippen molar-refractivity contribution in [2.24, 2.45) is 0 Å². The van der Waals surface area contributed by atoms with Crippen molar-refractivity contribution in [3.8, 4) is 0 Å². The Balaban J connectivity index is 1.67. The number of carboxylic acid groups (broad SMARTS) is 1. The standard InChI is InChI=1S/C12H20N6O3/c19-11(9-17-5-1-2-13-3-6-17)14-4-7-18-8-10(12(20)21)15-16-18/h8,13H,1-7,9H2,(H,14,19)(H,20,21). The van der Waals surface area contributed by atoms with Crippen molar-refractivity contribution in [2.75, 3.05) is 39.3 Å². The summed E-state index contributed by atoms with van der Waals surface area (Å²) in [6.45, 7) is 4.88. The second-order valence-electron chi connectivity index (χ2n) is 4.90. The van der Waals surface area contributed by atoms with Gasteiger partial charge in [0.25, 0.3) is 0 Å². The first kappa shape index (κ1) is 15.4. The maximum atomic E-state index is 11.8. The van der Waals surface area contributed by atoms with E-state index in [1.165, 1.54) is 10.9 Å². The summed E-state index contributed by atoms with van der Waals surface area (Å²) in [5.41, 5.74) is -0.0987. The van der Waals surface area contributed by atoms with Gasteiger partial charge in [0.15, 0.2) is 5.69 Å². The molecule has 0 aliphatic carbocycles. The van der Waals surface area contributed by atoms with Crippen molar-refractivity contribution in [1.82, 2.24) is 30.5 Å². The normalized spacial score (nSPS) is 16.4. The van der Waals surface area contributed by atoms with Crippen molar-refractivity contribution >= 4 is 11.9 Å². The zero-order valence-electron chi connectivity index (χ0n) is 11.8. The van der Waals surface area contributed by atoms with E-state index in [1.807, 2.05) is 0 Å². The van der Waals surface area contributed by atoms with E-state index in [0.29, 0.717) is 19.6 Å². The summed E-state index contributed by atoms with van der Waals surface area (Å²) in [6.07, 6.45) is 2.39. The molecule has 0 unspecified atom stereocenters. The molecule has 2 rings (SSSR count). The van der Waals surface area contributed by atoms with Crippen LogP contribution in [0.25, 0.3) is 0 Å². The molecule has 0 bridgehead atoms. The summed E-state index contributed by atoms with van der Waals surface area (Å²) in [5, 5.41) is 22.0. The number of hydrogen-bond donors (Lipinski definition) is 3. The smallest absolute Gasteiger partial charge is 0.358 e. The molecule has 0 aromatic carbocycles. The van der Waals surface area contributed by atoms with Crippen LogP contribution >= 0.6 is 0 Å². The Morgan fingerprint density at radius 3 is 3.00 bits per heavy atom. The Labute approximate surface area is 122 Å². The number of rotatable bonds is 6. The number of nitrogens with zero attached hydrogens (tertiary/aromatic N) is 4. The van der Waals surface area contributed by atoms with Crippen LogP contribution in [0.1, 0.15) is 16.9 Å². The lowest BCUT2D eigenvalue weighted by Crippen LogP contribution is -2.39. The van der Waals surface area contributed by atoms with Crippen LogP contribution in [0.5, 0.6) is 0 Å². The third-order valence-electron chi connectivity index (χ3n) is 3.22. The summed E-state index contributed by atoms with van der Waals surface area (Å²) in [6, 6.07) is 0. The largest absolute Gasteiger partial charge is 0.476 e. The quantitative estimate of drug-likeness (QED) is 0.579. The maximum Gasteiger partial charge on any atom is 0.358 e. The maximum absolute atomic E-state index is 11.8. The average molecular weight is 296 g/mol. The minimum absolute atomic E-state index is 0.0320. The molecule has 1 aromatic heterocycles. The Bertz CT molecular complexity index is 481. The number of aromatic carboxylic acids is 1. The lowest BCUT2D eigenvalue weighted by atomic mass is 10.4. The molecule has 9 nitrogen and oxygen atoms in total. The third kappa shape index (κ3) is 5.12. The van der Waals surface area contributed by atoms with E-state index in [1.54, 1.807) is 0 Å². The van der Waals surface area contributed by atoms with Gasteiger partial charge in [-0.25, -0.2) is 9.48 Å². The molecule has 1 aliphatic heterocycles. The van der Waals surface area contributed by atoms with Crippen LogP contribution in [0.15, 0.2) is 6.20 Å². The molecule has 1 aliphatic rings. The molecule has 1 amide bonds. The third-order valence-corrected chi connectivity index (χ3v) is 3.22. The first-order chi connectivity index (χ1) is 10.1. The number of hydrogen-bond acceptors (Lipinski definition) is 6. The molecular formula is C12H20N6O3. The van der Waals surface area contributed by atoms with E-state index >= 15 is 0 Å². The Morgan fingerprint density at radius 1 is 1.38 bits per heavy atom. The summed E-state index contributed by atoms with van der Waals surface area (Å²) >= 11 is 0. The van der Waals surface area contributed by atoms with Gasteiger partial charge in [-0.3, -0.25) is 9.69 Å². The summed E-state index contributed by atoms with van der Waals surface area (Å²) in [5.74, 6) is -1.14. The van der Waals surface area contributed by atoms with E-state index in [2.05, 4.69) is 25.8 Å². The van der Waals surface area contributed by atoms with Crippen molar-refractivity contribution in [2.45, 2.75) is 13.0 Å². The first-order valence-electron chi connectivity index (χ1n) is 6.98. The molecule has 0 saturated carbocycles. The number of carbonyl (C=O) groups excluding carboxylic acids is 1. The van der Waals surface area contributed by atoms with Crippen LogP contribution in [0, 0.1) is 0 Å². The van der Waals surface area contributed by atoms with Crippen LogP contribution in [0.3, 0.4) is 0 Å². The van der Waals surface area contributed by atoms with Gasteiger partial charge in [-0.15, -0.1) is 5.10 Å². The Hall–Kier alpha value is -2.00. The molecular weight excluding hydrogens is 276 g/mol. The van der Waals surface area contributed by atoms with E-state index < -0.39 is 5.97 Å². The number of aromatic nitrogens is 3. The number of carbonyl (C=O) groups is 2. The fourth-order valence-corrected chi connectivity index (χ4v) is 2.13. The van der Waals surface area contributed by atoms with E-state index in [9.17, 15) is 9.59 Å². The molecule has 9 heteroatoms. The highest BCUT2D eigenvalue weighted by molar-refractivity contribution is 5.84. The molecule has 1 saturated heterocycles. The van der Waals surface area contributed by atoms with Gasteiger partial charge in [-0.05, 0) is 19.5 Å². The summed E-state index contributed by atoms with van der Waals surface area (Å²) in [7, 11) is 0. The first-order valence-corrected chi connectivity index (χ1v) is 6.98. The molecule has 2 heterocycles. The van der Waals surface area contributed by atoms with Gasteiger partial charge in [0, 0.05) is 19.6 Å². The molecule has 21 heavy (non-hydrogen) atoms. The SMILES string of the molecule is O=C(CN1CCCNCC1)NCCn1cc(C(=O)O)nn1. The van der Waals surface area contributed by atoms with Crippen LogP contribution in [-0.4, -0.2) is 76.1 Å². The topological polar surface area (TPSA) is 112 Å². The van der Waals surface area contributed by atoms with Crippen molar-refractivity contribution < 1.29 is 14.7 Å². The van der Waals surface area contributed by atoms with Gasteiger partial charge in [0.1, 0.15) is 0 Å². The van der Waals surface area contributed by atoms with Crippen molar-refractivity contribution in [1.29, 1.82) is 0 Å². The number of carboxylic acids is 1. The molecule has 0 radical (unpaired) electrons. The number of amides is 1. The summed E-state index contributed by atoms with van der Waals surface area (Å²) < 4.78 is 1.40.